The number of hydrogen-bond acceptors (Lipinski definition) is 3. The summed E-state index contributed by atoms with van der Waals surface area (Å²) < 4.78 is 2.27. The van der Waals surface area contributed by atoms with Crippen LogP contribution in [0.4, 0.5) is 0 Å². The fourth-order valence-corrected chi connectivity index (χ4v) is 3.63. The Balaban J connectivity index is 1.94. The molecule has 0 aliphatic carbocycles. The molecule has 1 atom stereocenters. The van der Waals surface area contributed by atoms with E-state index in [1.807, 2.05) is 24.5 Å². The molecule has 90 valence electrons. The number of rotatable bonds is 4. The Morgan fingerprint density at radius 3 is 2.65 bits per heavy atom. The Morgan fingerprint density at radius 2 is 2.06 bits per heavy atom. The van der Waals surface area contributed by atoms with E-state index in [9.17, 15) is 0 Å². The quantitative estimate of drug-likeness (QED) is 0.849. The van der Waals surface area contributed by atoms with Crippen LogP contribution in [0.2, 0.25) is 0 Å². The maximum atomic E-state index is 4.02. The second kappa shape index (κ2) is 6.09. The van der Waals surface area contributed by atoms with Crippen molar-refractivity contribution in [2.75, 3.05) is 0 Å². The number of thiophene rings is 1. The summed E-state index contributed by atoms with van der Waals surface area (Å²) in [5.41, 5.74) is 1.26. The Morgan fingerprint density at radius 1 is 1.35 bits per heavy atom. The van der Waals surface area contributed by atoms with Gasteiger partial charge in [0, 0.05) is 34.3 Å². The van der Waals surface area contributed by atoms with Crippen LogP contribution in [0, 0.1) is 0 Å². The van der Waals surface area contributed by atoms with Crippen molar-refractivity contribution < 1.29 is 0 Å². The average Bonchev–Trinajstić information content (AvgIpc) is 2.67. The summed E-state index contributed by atoms with van der Waals surface area (Å²) >= 11 is 8.75. The fourth-order valence-electron chi connectivity index (χ4n) is 1.50. The van der Waals surface area contributed by atoms with E-state index in [0.29, 0.717) is 6.04 Å². The molecule has 2 aromatic rings. The van der Waals surface area contributed by atoms with Gasteiger partial charge in [-0.1, -0.05) is 0 Å². The number of halogens is 2. The van der Waals surface area contributed by atoms with E-state index in [4.69, 9.17) is 0 Å². The van der Waals surface area contributed by atoms with Gasteiger partial charge in [-0.05, 0) is 62.5 Å². The molecule has 2 rings (SSSR count). The average molecular weight is 376 g/mol. The highest BCUT2D eigenvalue weighted by Gasteiger charge is 2.07. The van der Waals surface area contributed by atoms with Crippen molar-refractivity contribution in [1.82, 2.24) is 10.3 Å². The minimum absolute atomic E-state index is 0.331. The molecule has 0 saturated heterocycles. The highest BCUT2D eigenvalue weighted by atomic mass is 79.9. The van der Waals surface area contributed by atoms with Crippen molar-refractivity contribution in [3.05, 3.63) is 49.3 Å². The predicted molar refractivity (Wildman–Crippen MR) is 79.2 cm³/mol. The highest BCUT2D eigenvalue weighted by molar-refractivity contribution is 9.13. The zero-order chi connectivity index (χ0) is 12.3. The molecule has 0 saturated carbocycles. The van der Waals surface area contributed by atoms with E-state index in [1.54, 1.807) is 11.3 Å². The zero-order valence-corrected chi connectivity index (χ0v) is 13.3. The lowest BCUT2D eigenvalue weighted by atomic mass is 10.1. The normalized spacial score (nSPS) is 12.6. The van der Waals surface area contributed by atoms with E-state index < -0.39 is 0 Å². The third-order valence-corrected chi connectivity index (χ3v) is 5.74. The monoisotopic (exact) mass is 374 g/mol. The van der Waals surface area contributed by atoms with Crippen molar-refractivity contribution in [3.63, 3.8) is 0 Å². The third-order valence-electron chi connectivity index (χ3n) is 2.48. The van der Waals surface area contributed by atoms with Crippen LogP contribution in [0.25, 0.3) is 0 Å². The summed E-state index contributed by atoms with van der Waals surface area (Å²) in [4.78, 5) is 5.33. The molecule has 5 heteroatoms. The Kier molecular flexibility index (Phi) is 4.73. The molecule has 0 bridgehead atoms. The number of nitrogens with zero attached hydrogens (tertiary/aromatic N) is 1. The summed E-state index contributed by atoms with van der Waals surface area (Å²) in [6, 6.07) is 6.55. The molecule has 1 N–H and O–H groups in total. The number of aromatic nitrogens is 1. The van der Waals surface area contributed by atoms with Gasteiger partial charge < -0.3 is 5.32 Å². The lowest BCUT2D eigenvalue weighted by Gasteiger charge is -2.12. The predicted octanol–water partition coefficient (Wildman–Crippen LogP) is 4.52. The zero-order valence-electron chi connectivity index (χ0n) is 9.28. The molecule has 2 nitrogen and oxygen atoms in total. The molecule has 0 amide bonds. The fraction of sp³-hybridized carbons (Fsp3) is 0.250. The Hall–Kier alpha value is -0.230. The van der Waals surface area contributed by atoms with E-state index >= 15 is 0 Å². The summed E-state index contributed by atoms with van der Waals surface area (Å²) in [5.74, 6) is 0. The number of nitrogens with one attached hydrogen (secondary N) is 1. The topological polar surface area (TPSA) is 24.9 Å². The van der Waals surface area contributed by atoms with Gasteiger partial charge in [-0.25, -0.2) is 0 Å². The van der Waals surface area contributed by atoms with Crippen LogP contribution >= 0.6 is 43.2 Å². The van der Waals surface area contributed by atoms with Crippen molar-refractivity contribution in [2.24, 2.45) is 0 Å². The van der Waals surface area contributed by atoms with Gasteiger partial charge in [-0.2, -0.15) is 0 Å². The molecule has 0 aliphatic heterocycles. The van der Waals surface area contributed by atoms with E-state index in [0.717, 1.165) is 14.8 Å². The minimum atomic E-state index is 0.331. The van der Waals surface area contributed by atoms with Crippen molar-refractivity contribution in [2.45, 2.75) is 19.5 Å². The summed E-state index contributed by atoms with van der Waals surface area (Å²) in [6.45, 7) is 3.03. The molecule has 0 aromatic carbocycles. The molecule has 0 radical (unpaired) electrons. The maximum Gasteiger partial charge on any atom is 0.0843 e. The lowest BCUT2D eigenvalue weighted by Crippen LogP contribution is -2.17. The first-order valence-electron chi connectivity index (χ1n) is 5.24. The van der Waals surface area contributed by atoms with Crippen molar-refractivity contribution in [3.8, 4) is 0 Å². The van der Waals surface area contributed by atoms with Crippen LogP contribution in [0.3, 0.4) is 0 Å². The van der Waals surface area contributed by atoms with Crippen LogP contribution in [0.1, 0.15) is 23.4 Å². The molecule has 2 aromatic heterocycles. The molecular formula is C12H12Br2N2S. The Labute approximate surface area is 122 Å². The van der Waals surface area contributed by atoms with Gasteiger partial charge in [0.2, 0.25) is 0 Å². The molecular weight excluding hydrogens is 364 g/mol. The van der Waals surface area contributed by atoms with Crippen molar-refractivity contribution >= 4 is 43.2 Å². The third kappa shape index (κ3) is 3.61. The first-order chi connectivity index (χ1) is 8.16. The lowest BCUT2D eigenvalue weighted by molar-refractivity contribution is 0.578. The van der Waals surface area contributed by atoms with E-state index in [1.165, 1.54) is 10.4 Å². The van der Waals surface area contributed by atoms with Gasteiger partial charge in [0.1, 0.15) is 0 Å². The summed E-state index contributed by atoms with van der Waals surface area (Å²) in [6.07, 6.45) is 3.65. The smallest absolute Gasteiger partial charge is 0.0843 e. The van der Waals surface area contributed by atoms with Gasteiger partial charge >= 0.3 is 0 Å². The van der Waals surface area contributed by atoms with E-state index in [2.05, 4.69) is 55.2 Å². The largest absolute Gasteiger partial charge is 0.305 e. The SMILES string of the molecule is C[C@H](NCc1cc(Br)c(Br)s1)c1ccncc1. The molecule has 0 fully saturated rings. The van der Waals surface area contributed by atoms with E-state index in [-0.39, 0.29) is 0 Å². The summed E-state index contributed by atoms with van der Waals surface area (Å²) in [7, 11) is 0. The Bertz CT molecular complexity index is 465. The van der Waals surface area contributed by atoms with Gasteiger partial charge in [-0.15, -0.1) is 11.3 Å². The molecule has 0 aliphatic rings. The molecule has 0 spiro atoms. The highest BCUT2D eigenvalue weighted by Crippen LogP contribution is 2.32. The second-order valence-corrected chi connectivity index (χ2v) is 7.03. The molecule has 17 heavy (non-hydrogen) atoms. The standard InChI is InChI=1S/C12H12Br2N2S/c1-8(9-2-4-15-5-3-9)16-7-10-6-11(13)12(14)17-10/h2-6,8,16H,7H2,1H3/t8-/m0/s1. The van der Waals surface area contributed by atoms with Crippen LogP contribution in [-0.2, 0) is 6.54 Å². The van der Waals surface area contributed by atoms with Crippen LogP contribution in [0.5, 0.6) is 0 Å². The summed E-state index contributed by atoms with van der Waals surface area (Å²) in [5, 5.41) is 3.50. The van der Waals surface area contributed by atoms with Gasteiger partial charge in [0.25, 0.3) is 0 Å². The van der Waals surface area contributed by atoms with Gasteiger partial charge in [-0.3, -0.25) is 4.98 Å². The van der Waals surface area contributed by atoms with Gasteiger partial charge in [0.15, 0.2) is 0 Å². The van der Waals surface area contributed by atoms with Gasteiger partial charge in [0.05, 0.1) is 3.79 Å². The van der Waals surface area contributed by atoms with Crippen molar-refractivity contribution in [1.29, 1.82) is 0 Å². The molecule has 2 heterocycles. The molecule has 0 unspecified atom stereocenters. The number of pyridine rings is 1. The number of hydrogen-bond donors (Lipinski definition) is 1. The van der Waals surface area contributed by atoms with Crippen LogP contribution in [0.15, 0.2) is 38.9 Å². The first-order valence-corrected chi connectivity index (χ1v) is 7.64. The maximum absolute atomic E-state index is 4.02. The minimum Gasteiger partial charge on any atom is -0.305 e. The first kappa shape index (κ1) is 13.2. The second-order valence-electron chi connectivity index (χ2n) is 3.72. The van der Waals surface area contributed by atoms with Crippen LogP contribution in [-0.4, -0.2) is 4.98 Å². The van der Waals surface area contributed by atoms with Crippen LogP contribution < -0.4 is 5.32 Å².